The Morgan fingerprint density at radius 1 is 1.50 bits per heavy atom. The summed E-state index contributed by atoms with van der Waals surface area (Å²) in [6.45, 7) is 2.68. The van der Waals surface area contributed by atoms with Crippen molar-refractivity contribution in [1.29, 1.82) is 0 Å². The Kier molecular flexibility index (Phi) is 3.90. The third kappa shape index (κ3) is 2.51. The SMILES string of the molecule is Cc1nc(N)sc1S(=O)(=O)N1CCC(CO)CC1. The van der Waals surface area contributed by atoms with Gasteiger partial charge in [0.1, 0.15) is 0 Å². The molecule has 0 unspecified atom stereocenters. The van der Waals surface area contributed by atoms with Crippen LogP contribution in [0.15, 0.2) is 4.21 Å². The van der Waals surface area contributed by atoms with Crippen molar-refractivity contribution in [3.8, 4) is 0 Å². The Hall–Kier alpha value is -0.700. The van der Waals surface area contributed by atoms with Crippen molar-refractivity contribution in [1.82, 2.24) is 9.29 Å². The number of aromatic nitrogens is 1. The van der Waals surface area contributed by atoms with E-state index in [0.29, 0.717) is 31.6 Å². The molecule has 0 spiro atoms. The fraction of sp³-hybridized carbons (Fsp3) is 0.700. The largest absolute Gasteiger partial charge is 0.396 e. The molecular weight excluding hydrogens is 274 g/mol. The summed E-state index contributed by atoms with van der Waals surface area (Å²) in [5.41, 5.74) is 6.00. The molecule has 6 nitrogen and oxygen atoms in total. The van der Waals surface area contributed by atoms with Gasteiger partial charge in [-0.15, -0.1) is 0 Å². The maximum atomic E-state index is 12.4. The Balaban J connectivity index is 2.20. The van der Waals surface area contributed by atoms with Crippen molar-refractivity contribution in [2.75, 3.05) is 25.4 Å². The molecule has 1 aliphatic heterocycles. The lowest BCUT2D eigenvalue weighted by Crippen LogP contribution is -2.39. The molecular formula is C10H17N3O3S2. The molecule has 1 saturated heterocycles. The maximum Gasteiger partial charge on any atom is 0.254 e. The van der Waals surface area contributed by atoms with Gasteiger partial charge in [-0.2, -0.15) is 4.31 Å². The fourth-order valence-corrected chi connectivity index (χ4v) is 5.00. The number of anilines is 1. The van der Waals surface area contributed by atoms with Crippen LogP contribution in [0.25, 0.3) is 0 Å². The van der Waals surface area contributed by atoms with E-state index >= 15 is 0 Å². The maximum absolute atomic E-state index is 12.4. The van der Waals surface area contributed by atoms with Crippen molar-refractivity contribution in [2.24, 2.45) is 5.92 Å². The minimum atomic E-state index is -3.48. The van der Waals surface area contributed by atoms with E-state index in [9.17, 15) is 8.42 Å². The summed E-state index contributed by atoms with van der Waals surface area (Å²) >= 11 is 1.01. The number of rotatable bonds is 3. The van der Waals surface area contributed by atoms with Crippen LogP contribution >= 0.6 is 11.3 Å². The second-order valence-corrected chi connectivity index (χ2v) is 7.62. The first-order valence-corrected chi connectivity index (χ1v) is 8.04. The molecule has 1 fully saturated rings. The molecule has 2 rings (SSSR count). The first-order chi connectivity index (χ1) is 8.45. The summed E-state index contributed by atoms with van der Waals surface area (Å²) in [5.74, 6) is 0.212. The van der Waals surface area contributed by atoms with Gasteiger partial charge >= 0.3 is 0 Å². The monoisotopic (exact) mass is 291 g/mol. The van der Waals surface area contributed by atoms with E-state index in [4.69, 9.17) is 10.8 Å². The standard InChI is InChI=1S/C10H17N3O3S2/c1-7-9(17-10(11)12-7)18(15,16)13-4-2-8(6-14)3-5-13/h8,14H,2-6H2,1H3,(H2,11,12). The van der Waals surface area contributed by atoms with Crippen molar-refractivity contribution in [3.05, 3.63) is 5.69 Å². The van der Waals surface area contributed by atoms with Crippen LogP contribution in [-0.2, 0) is 10.0 Å². The summed E-state index contributed by atoms with van der Waals surface area (Å²) in [6, 6.07) is 0. The van der Waals surface area contributed by atoms with Crippen molar-refractivity contribution in [2.45, 2.75) is 24.0 Å². The normalized spacial score (nSPS) is 19.2. The smallest absolute Gasteiger partial charge is 0.254 e. The number of sulfonamides is 1. The van der Waals surface area contributed by atoms with Crippen molar-refractivity contribution >= 4 is 26.5 Å². The van der Waals surface area contributed by atoms with Gasteiger partial charge in [0.25, 0.3) is 10.0 Å². The molecule has 0 bridgehead atoms. The van der Waals surface area contributed by atoms with Crippen molar-refractivity contribution in [3.63, 3.8) is 0 Å². The molecule has 0 amide bonds. The van der Waals surface area contributed by atoms with Gasteiger partial charge in [0.05, 0.1) is 5.69 Å². The third-order valence-corrected chi connectivity index (χ3v) is 6.65. The number of aliphatic hydroxyl groups excluding tert-OH is 1. The zero-order chi connectivity index (χ0) is 13.3. The van der Waals surface area contributed by atoms with Gasteiger partial charge in [0, 0.05) is 19.7 Å². The molecule has 0 aliphatic carbocycles. The zero-order valence-corrected chi connectivity index (χ0v) is 11.8. The lowest BCUT2D eigenvalue weighted by Gasteiger charge is -2.29. The average Bonchev–Trinajstić information content (AvgIpc) is 2.69. The highest BCUT2D eigenvalue weighted by Gasteiger charge is 2.32. The number of thiazole rings is 1. The number of piperidine rings is 1. The minimum absolute atomic E-state index is 0.125. The van der Waals surface area contributed by atoms with Gasteiger partial charge in [-0.3, -0.25) is 0 Å². The van der Waals surface area contributed by atoms with E-state index < -0.39 is 10.0 Å². The molecule has 2 heterocycles. The lowest BCUT2D eigenvalue weighted by atomic mass is 10.00. The molecule has 1 aromatic rings. The third-order valence-electron chi connectivity index (χ3n) is 3.18. The van der Waals surface area contributed by atoms with Crippen LogP contribution < -0.4 is 5.73 Å². The van der Waals surface area contributed by atoms with E-state index in [0.717, 1.165) is 11.3 Å². The quantitative estimate of drug-likeness (QED) is 0.841. The molecule has 18 heavy (non-hydrogen) atoms. The first kappa shape index (κ1) is 13.7. The molecule has 0 radical (unpaired) electrons. The topological polar surface area (TPSA) is 96.5 Å². The Bertz CT molecular complexity index is 518. The van der Waals surface area contributed by atoms with E-state index in [-0.39, 0.29) is 21.9 Å². The summed E-state index contributed by atoms with van der Waals surface area (Å²) in [4.78, 5) is 3.95. The van der Waals surface area contributed by atoms with Crippen LogP contribution in [0, 0.1) is 12.8 Å². The van der Waals surface area contributed by atoms with Gasteiger partial charge < -0.3 is 10.8 Å². The van der Waals surface area contributed by atoms with Gasteiger partial charge in [-0.25, -0.2) is 13.4 Å². The number of nitrogen functional groups attached to an aromatic ring is 1. The van der Waals surface area contributed by atoms with Crippen molar-refractivity contribution < 1.29 is 13.5 Å². The lowest BCUT2D eigenvalue weighted by molar-refractivity contribution is 0.170. The molecule has 0 atom stereocenters. The highest BCUT2D eigenvalue weighted by Crippen LogP contribution is 2.30. The summed E-state index contributed by atoms with van der Waals surface area (Å²) in [6.07, 6.45) is 1.39. The number of hydrogen-bond donors (Lipinski definition) is 2. The Morgan fingerprint density at radius 3 is 2.56 bits per heavy atom. The number of aliphatic hydroxyl groups is 1. The first-order valence-electron chi connectivity index (χ1n) is 5.79. The highest BCUT2D eigenvalue weighted by atomic mass is 32.2. The van der Waals surface area contributed by atoms with Crippen LogP contribution in [0.5, 0.6) is 0 Å². The zero-order valence-electron chi connectivity index (χ0n) is 10.2. The van der Waals surface area contributed by atoms with Gasteiger partial charge in [-0.05, 0) is 25.7 Å². The summed E-state index contributed by atoms with van der Waals surface area (Å²) in [5, 5.41) is 9.33. The molecule has 102 valence electrons. The second-order valence-electron chi connectivity index (χ2n) is 4.46. The van der Waals surface area contributed by atoms with Gasteiger partial charge in [0.2, 0.25) is 0 Å². The molecule has 0 aromatic carbocycles. The minimum Gasteiger partial charge on any atom is -0.396 e. The second kappa shape index (κ2) is 5.12. The van der Waals surface area contributed by atoms with Crippen LogP contribution in [0.4, 0.5) is 5.13 Å². The van der Waals surface area contributed by atoms with E-state index in [2.05, 4.69) is 4.98 Å². The average molecular weight is 291 g/mol. The molecule has 0 saturated carbocycles. The molecule has 1 aromatic heterocycles. The Labute approximate surface area is 110 Å². The fourth-order valence-electron chi connectivity index (χ4n) is 2.09. The number of nitrogens with zero attached hydrogens (tertiary/aromatic N) is 2. The molecule has 3 N–H and O–H groups in total. The van der Waals surface area contributed by atoms with Crippen LogP contribution in [0.3, 0.4) is 0 Å². The van der Waals surface area contributed by atoms with Gasteiger partial charge in [-0.1, -0.05) is 11.3 Å². The van der Waals surface area contributed by atoms with Crippen LogP contribution in [0.1, 0.15) is 18.5 Å². The molecule has 8 heteroatoms. The number of nitrogens with two attached hydrogens (primary N) is 1. The van der Waals surface area contributed by atoms with Crippen LogP contribution in [-0.4, -0.2) is 42.5 Å². The predicted octanol–water partition coefficient (Wildman–Crippen LogP) is 0.427. The predicted molar refractivity (Wildman–Crippen MR) is 69.8 cm³/mol. The van der Waals surface area contributed by atoms with E-state index in [1.807, 2.05) is 0 Å². The van der Waals surface area contributed by atoms with E-state index in [1.165, 1.54) is 4.31 Å². The highest BCUT2D eigenvalue weighted by molar-refractivity contribution is 7.91. The van der Waals surface area contributed by atoms with Crippen LogP contribution in [0.2, 0.25) is 0 Å². The molecule has 1 aliphatic rings. The summed E-state index contributed by atoms with van der Waals surface area (Å²) < 4.78 is 26.5. The Morgan fingerprint density at radius 2 is 2.11 bits per heavy atom. The van der Waals surface area contributed by atoms with Gasteiger partial charge in [0.15, 0.2) is 9.34 Å². The number of aryl methyl sites for hydroxylation is 1. The summed E-state index contributed by atoms with van der Waals surface area (Å²) in [7, 11) is -3.48. The number of hydrogen-bond acceptors (Lipinski definition) is 6. The van der Waals surface area contributed by atoms with E-state index in [1.54, 1.807) is 6.92 Å².